The molecule has 2 N–H and O–H groups in total. The third-order valence-corrected chi connectivity index (χ3v) is 2.72. The number of hydrogen-bond donors (Lipinski definition) is 2. The summed E-state index contributed by atoms with van der Waals surface area (Å²) in [7, 11) is 0. The molecule has 0 saturated heterocycles. The van der Waals surface area contributed by atoms with Crippen LogP contribution in [0.1, 0.15) is 19.3 Å². The Balaban J connectivity index is 2.54. The van der Waals surface area contributed by atoms with E-state index in [0.717, 1.165) is 0 Å². The zero-order valence-corrected chi connectivity index (χ0v) is 6.94. The Labute approximate surface area is 69.8 Å². The van der Waals surface area contributed by atoms with Crippen LogP contribution in [0.4, 0.5) is 0 Å². The van der Waals surface area contributed by atoms with Crippen LogP contribution in [0.3, 0.4) is 0 Å². The summed E-state index contributed by atoms with van der Waals surface area (Å²) in [4.78, 5) is -0.787. The molecule has 0 aromatic carbocycles. The number of rotatable bonds is 1. The van der Waals surface area contributed by atoms with Crippen LogP contribution in [0.5, 0.6) is 0 Å². The van der Waals surface area contributed by atoms with Crippen molar-refractivity contribution < 1.29 is 10.2 Å². The van der Waals surface area contributed by atoms with E-state index in [-0.39, 0.29) is 0 Å². The zero-order chi connectivity index (χ0) is 7.78. The molecular formula is C6H10Cl2O2. The lowest BCUT2D eigenvalue weighted by atomic mass is 10.1. The number of halogens is 2. The molecule has 0 aliphatic heterocycles. The van der Waals surface area contributed by atoms with Crippen molar-refractivity contribution in [2.45, 2.75) is 35.8 Å². The van der Waals surface area contributed by atoms with Crippen molar-refractivity contribution in [2.75, 3.05) is 0 Å². The van der Waals surface area contributed by atoms with Crippen molar-refractivity contribution in [2.24, 2.45) is 0 Å². The van der Waals surface area contributed by atoms with Crippen molar-refractivity contribution in [3.63, 3.8) is 0 Å². The highest BCUT2D eigenvalue weighted by atomic mass is 35.5. The second kappa shape index (κ2) is 2.86. The minimum atomic E-state index is -1.05. The maximum absolute atomic E-state index is 9.52. The molecule has 1 fully saturated rings. The largest absolute Gasteiger partial charge is 0.393 e. The van der Waals surface area contributed by atoms with Gasteiger partial charge in [-0.05, 0) is 12.8 Å². The summed E-state index contributed by atoms with van der Waals surface area (Å²) in [6, 6.07) is 0. The maximum atomic E-state index is 9.52. The Kier molecular flexibility index (Phi) is 2.46. The van der Waals surface area contributed by atoms with Crippen molar-refractivity contribution in [1.29, 1.82) is 0 Å². The van der Waals surface area contributed by atoms with Gasteiger partial charge in [-0.15, -0.1) is 23.2 Å². The number of alkyl halides is 2. The Morgan fingerprint density at radius 2 is 2.10 bits per heavy atom. The highest BCUT2D eigenvalue weighted by Gasteiger charge is 2.41. The average molecular weight is 185 g/mol. The Hall–Kier alpha value is 0.500. The molecule has 1 saturated carbocycles. The first-order valence-corrected chi connectivity index (χ1v) is 4.10. The van der Waals surface area contributed by atoms with E-state index < -0.39 is 16.5 Å². The fraction of sp³-hybridized carbons (Fsp3) is 1.00. The summed E-state index contributed by atoms with van der Waals surface area (Å²) in [5.74, 6) is 0. The summed E-state index contributed by atoms with van der Waals surface area (Å²) in [6.45, 7) is 0. The van der Waals surface area contributed by atoms with Gasteiger partial charge < -0.3 is 10.2 Å². The molecule has 1 rings (SSSR count). The van der Waals surface area contributed by atoms with Gasteiger partial charge in [0, 0.05) is 6.42 Å². The van der Waals surface area contributed by atoms with Crippen LogP contribution in [-0.4, -0.2) is 26.8 Å². The van der Waals surface area contributed by atoms with Gasteiger partial charge in [0.15, 0.2) is 0 Å². The highest BCUT2D eigenvalue weighted by Crippen LogP contribution is 2.36. The Morgan fingerprint density at radius 1 is 1.50 bits per heavy atom. The minimum Gasteiger partial charge on any atom is -0.393 e. The third kappa shape index (κ3) is 1.56. The van der Waals surface area contributed by atoms with Crippen molar-refractivity contribution >= 4 is 23.2 Å². The molecular weight excluding hydrogens is 175 g/mol. The number of aliphatic hydroxyl groups excluding tert-OH is 1. The van der Waals surface area contributed by atoms with Gasteiger partial charge >= 0.3 is 0 Å². The van der Waals surface area contributed by atoms with Crippen molar-refractivity contribution in [3.8, 4) is 0 Å². The predicted molar refractivity (Wildman–Crippen MR) is 40.3 cm³/mol. The highest BCUT2D eigenvalue weighted by molar-refractivity contribution is 6.45. The molecule has 0 spiro atoms. The molecule has 0 bridgehead atoms. The Bertz CT molecular complexity index is 129. The number of hydrogen-bond acceptors (Lipinski definition) is 2. The molecule has 4 heteroatoms. The third-order valence-electron chi connectivity index (χ3n) is 1.91. The normalized spacial score (nSPS) is 41.1. The molecule has 1 aliphatic carbocycles. The Morgan fingerprint density at radius 3 is 2.30 bits per heavy atom. The van der Waals surface area contributed by atoms with E-state index >= 15 is 0 Å². The van der Waals surface area contributed by atoms with E-state index in [4.69, 9.17) is 28.3 Å². The first kappa shape index (κ1) is 8.60. The molecule has 1 aliphatic rings. The van der Waals surface area contributed by atoms with Crippen LogP contribution < -0.4 is 0 Å². The van der Waals surface area contributed by atoms with Crippen LogP contribution in [0.15, 0.2) is 0 Å². The summed E-state index contributed by atoms with van der Waals surface area (Å²) in [5.41, 5.74) is -1.05. The topological polar surface area (TPSA) is 40.5 Å². The zero-order valence-electron chi connectivity index (χ0n) is 5.43. The van der Waals surface area contributed by atoms with Gasteiger partial charge in [0.1, 0.15) is 4.84 Å². The van der Waals surface area contributed by atoms with E-state index in [1.54, 1.807) is 0 Å². The fourth-order valence-corrected chi connectivity index (χ4v) is 1.62. The molecule has 0 heterocycles. The molecule has 60 valence electrons. The second-order valence-electron chi connectivity index (χ2n) is 2.80. The monoisotopic (exact) mass is 184 g/mol. The van der Waals surface area contributed by atoms with E-state index in [9.17, 15) is 5.11 Å². The predicted octanol–water partition coefficient (Wildman–Crippen LogP) is 1.07. The fourth-order valence-electron chi connectivity index (χ4n) is 1.23. The van der Waals surface area contributed by atoms with Crippen LogP contribution in [-0.2, 0) is 0 Å². The van der Waals surface area contributed by atoms with Crippen LogP contribution in [0.2, 0.25) is 0 Å². The van der Waals surface area contributed by atoms with Crippen LogP contribution in [0.25, 0.3) is 0 Å². The smallest absolute Gasteiger partial charge is 0.136 e. The van der Waals surface area contributed by atoms with E-state index in [1.807, 2.05) is 0 Å². The van der Waals surface area contributed by atoms with Gasteiger partial charge in [-0.1, -0.05) is 0 Å². The summed E-state index contributed by atoms with van der Waals surface area (Å²) < 4.78 is 0. The van der Waals surface area contributed by atoms with Gasteiger partial charge in [0.2, 0.25) is 0 Å². The van der Waals surface area contributed by atoms with Crippen molar-refractivity contribution in [1.82, 2.24) is 0 Å². The average Bonchev–Trinajstić information content (AvgIpc) is 2.13. The minimum absolute atomic E-state index is 0.296. The lowest BCUT2D eigenvalue weighted by Gasteiger charge is -2.22. The van der Waals surface area contributed by atoms with Crippen molar-refractivity contribution in [3.05, 3.63) is 0 Å². The molecule has 0 aromatic rings. The molecule has 2 nitrogen and oxygen atoms in total. The van der Waals surface area contributed by atoms with Gasteiger partial charge in [0.25, 0.3) is 0 Å². The SMILES string of the molecule is OC1CCC(O)(C(Cl)Cl)C1. The van der Waals surface area contributed by atoms with Crippen LogP contribution >= 0.6 is 23.2 Å². The van der Waals surface area contributed by atoms with Gasteiger partial charge in [-0.3, -0.25) is 0 Å². The maximum Gasteiger partial charge on any atom is 0.136 e. The first-order chi connectivity index (χ1) is 4.54. The molecule has 0 radical (unpaired) electrons. The molecule has 2 unspecified atom stereocenters. The summed E-state index contributed by atoms with van der Waals surface area (Å²) >= 11 is 11.0. The summed E-state index contributed by atoms with van der Waals surface area (Å²) in [5, 5.41) is 18.6. The summed E-state index contributed by atoms with van der Waals surface area (Å²) in [6.07, 6.45) is 0.938. The van der Waals surface area contributed by atoms with Gasteiger partial charge in [-0.25, -0.2) is 0 Å². The molecule has 0 amide bonds. The second-order valence-corrected chi connectivity index (χ2v) is 3.90. The van der Waals surface area contributed by atoms with E-state index in [1.165, 1.54) is 0 Å². The molecule has 0 aromatic heterocycles. The molecule has 2 atom stereocenters. The van der Waals surface area contributed by atoms with E-state index in [0.29, 0.717) is 19.3 Å². The standard InChI is InChI=1S/C6H10Cl2O2/c7-5(8)6(10)2-1-4(9)3-6/h4-5,9-10H,1-3H2. The lowest BCUT2D eigenvalue weighted by molar-refractivity contribution is 0.0451. The van der Waals surface area contributed by atoms with Crippen LogP contribution in [0, 0.1) is 0 Å². The van der Waals surface area contributed by atoms with Gasteiger partial charge in [0.05, 0.1) is 11.7 Å². The quantitative estimate of drug-likeness (QED) is 0.599. The lowest BCUT2D eigenvalue weighted by Crippen LogP contribution is -2.33. The van der Waals surface area contributed by atoms with E-state index in [2.05, 4.69) is 0 Å². The van der Waals surface area contributed by atoms with Gasteiger partial charge in [-0.2, -0.15) is 0 Å². The number of aliphatic hydroxyl groups is 2. The first-order valence-electron chi connectivity index (χ1n) is 3.23. The molecule has 10 heavy (non-hydrogen) atoms.